The van der Waals surface area contributed by atoms with Gasteiger partial charge in [-0.2, -0.15) is 0 Å². The molecule has 0 atom stereocenters. The Balaban J connectivity index is 1.30. The lowest BCUT2D eigenvalue weighted by atomic mass is 9.96. The molecule has 0 aliphatic carbocycles. The summed E-state index contributed by atoms with van der Waals surface area (Å²) in [7, 11) is 0. The van der Waals surface area contributed by atoms with Gasteiger partial charge in [-0.05, 0) is 95.6 Å². The zero-order valence-corrected chi connectivity index (χ0v) is 21.4. The lowest BCUT2D eigenvalue weighted by molar-refractivity contribution is -0.134. The molecular formula is C32H26ClNO3. The summed E-state index contributed by atoms with van der Waals surface area (Å²) in [5, 5.41) is 8.14. The van der Waals surface area contributed by atoms with E-state index < -0.39 is 5.60 Å². The van der Waals surface area contributed by atoms with E-state index in [4.69, 9.17) is 16.3 Å². The highest BCUT2D eigenvalue weighted by Gasteiger charge is 2.30. The van der Waals surface area contributed by atoms with Crippen LogP contribution in [-0.4, -0.2) is 17.3 Å². The Morgan fingerprint density at radius 3 is 1.84 bits per heavy atom. The lowest BCUT2D eigenvalue weighted by Gasteiger charge is -2.26. The number of nitrogens with one attached hydrogen (secondary N) is 1. The highest BCUT2D eigenvalue weighted by Crippen LogP contribution is 2.29. The Bertz CT molecular complexity index is 1550. The first kappa shape index (κ1) is 24.5. The maximum Gasteiger partial charge on any atom is 0.263 e. The molecule has 0 aliphatic rings. The molecule has 5 aromatic carbocycles. The minimum Gasteiger partial charge on any atom is -0.478 e. The van der Waals surface area contributed by atoms with Crippen molar-refractivity contribution in [3.05, 3.63) is 125 Å². The van der Waals surface area contributed by atoms with Crippen LogP contribution in [0.4, 0.5) is 0 Å². The van der Waals surface area contributed by atoms with Gasteiger partial charge >= 0.3 is 0 Å². The molecule has 5 rings (SSSR count). The van der Waals surface area contributed by atoms with Crippen LogP contribution in [0, 0.1) is 0 Å². The number of hydrogen-bond acceptors (Lipinski definition) is 3. The van der Waals surface area contributed by atoms with Crippen LogP contribution >= 0.6 is 11.6 Å². The van der Waals surface area contributed by atoms with Crippen LogP contribution in [0.3, 0.4) is 0 Å². The van der Waals surface area contributed by atoms with E-state index >= 15 is 0 Å². The molecule has 0 bridgehead atoms. The van der Waals surface area contributed by atoms with E-state index in [-0.39, 0.29) is 11.7 Å². The molecule has 0 fully saturated rings. The molecule has 184 valence electrons. The van der Waals surface area contributed by atoms with Crippen molar-refractivity contribution in [1.29, 1.82) is 0 Å². The van der Waals surface area contributed by atoms with Gasteiger partial charge in [-0.15, -0.1) is 0 Å². The van der Waals surface area contributed by atoms with Gasteiger partial charge in [-0.1, -0.05) is 60.1 Å². The molecule has 5 aromatic rings. The third-order valence-electron chi connectivity index (χ3n) is 6.45. The largest absolute Gasteiger partial charge is 0.478 e. The third kappa shape index (κ3) is 5.20. The second kappa shape index (κ2) is 10.1. The van der Waals surface area contributed by atoms with Crippen LogP contribution in [0.2, 0.25) is 5.02 Å². The number of fused-ring (bicyclic) bond motifs is 2. The van der Waals surface area contributed by atoms with Crippen molar-refractivity contribution in [2.24, 2.45) is 0 Å². The summed E-state index contributed by atoms with van der Waals surface area (Å²) in [6.45, 7) is 3.84. The van der Waals surface area contributed by atoms with Crippen LogP contribution in [0.15, 0.2) is 103 Å². The molecule has 1 amide bonds. The average Bonchev–Trinajstić information content (AvgIpc) is 2.91. The average molecular weight is 508 g/mol. The highest BCUT2D eigenvalue weighted by molar-refractivity contribution is 6.30. The first-order valence-electron chi connectivity index (χ1n) is 12.1. The second-order valence-electron chi connectivity index (χ2n) is 9.45. The summed E-state index contributed by atoms with van der Waals surface area (Å²) in [5.74, 6) is 0.164. The standard InChI is InChI=1S/C32H26ClNO3/c1-32(2,37-26-17-13-22(14-18-26)30(35)21-11-15-25(33)16-12-21)31(36)34-20-29-27-9-5-3-7-23(27)19-24-8-4-6-10-28(24)29/h3-19H,20H2,1-2H3,(H,34,36). The molecule has 4 nitrogen and oxygen atoms in total. The molecule has 0 aliphatic heterocycles. The second-order valence-corrected chi connectivity index (χ2v) is 9.89. The number of benzene rings is 5. The van der Waals surface area contributed by atoms with Crippen LogP contribution in [-0.2, 0) is 11.3 Å². The Kier molecular flexibility index (Phi) is 6.68. The maximum atomic E-state index is 13.2. The van der Waals surface area contributed by atoms with Crippen molar-refractivity contribution >= 4 is 44.8 Å². The topological polar surface area (TPSA) is 55.4 Å². The van der Waals surface area contributed by atoms with Gasteiger partial charge in [0.15, 0.2) is 11.4 Å². The number of halogens is 1. The van der Waals surface area contributed by atoms with Crippen molar-refractivity contribution in [3.8, 4) is 5.75 Å². The quantitative estimate of drug-likeness (QED) is 0.185. The number of carbonyl (C=O) groups is 2. The van der Waals surface area contributed by atoms with Gasteiger partial charge in [0.1, 0.15) is 5.75 Å². The first-order valence-corrected chi connectivity index (χ1v) is 12.5. The Labute approximate surface area is 220 Å². The van der Waals surface area contributed by atoms with Gasteiger partial charge in [0.2, 0.25) is 0 Å². The molecule has 0 heterocycles. The summed E-state index contributed by atoms with van der Waals surface area (Å²) in [4.78, 5) is 25.9. The van der Waals surface area contributed by atoms with E-state index in [1.165, 1.54) is 0 Å². The van der Waals surface area contributed by atoms with Crippen molar-refractivity contribution < 1.29 is 14.3 Å². The molecule has 0 saturated heterocycles. The van der Waals surface area contributed by atoms with E-state index in [2.05, 4.69) is 35.6 Å². The van der Waals surface area contributed by atoms with E-state index in [1.54, 1.807) is 62.4 Å². The summed E-state index contributed by atoms with van der Waals surface area (Å²) >= 11 is 5.92. The number of hydrogen-bond donors (Lipinski definition) is 1. The fourth-order valence-corrected chi connectivity index (χ4v) is 4.59. The summed E-state index contributed by atoms with van der Waals surface area (Å²) in [6.07, 6.45) is 0. The smallest absolute Gasteiger partial charge is 0.263 e. The Morgan fingerprint density at radius 2 is 1.27 bits per heavy atom. The zero-order chi connectivity index (χ0) is 26.0. The van der Waals surface area contributed by atoms with Gasteiger partial charge < -0.3 is 10.1 Å². The first-order chi connectivity index (χ1) is 17.8. The van der Waals surface area contributed by atoms with E-state index in [0.29, 0.717) is 28.4 Å². The van der Waals surface area contributed by atoms with Crippen molar-refractivity contribution in [2.75, 3.05) is 0 Å². The number of ketones is 1. The predicted molar refractivity (Wildman–Crippen MR) is 149 cm³/mol. The minimum atomic E-state index is -1.12. The van der Waals surface area contributed by atoms with Gasteiger partial charge in [-0.25, -0.2) is 0 Å². The fraction of sp³-hybridized carbons (Fsp3) is 0.125. The summed E-state index contributed by atoms with van der Waals surface area (Å²) in [5.41, 5.74) is 1.03. The van der Waals surface area contributed by atoms with Gasteiger partial charge in [0.25, 0.3) is 5.91 Å². The van der Waals surface area contributed by atoms with Crippen LogP contribution < -0.4 is 10.1 Å². The molecule has 0 aromatic heterocycles. The van der Waals surface area contributed by atoms with Crippen LogP contribution in [0.5, 0.6) is 5.75 Å². The molecule has 0 spiro atoms. The number of amides is 1. The van der Waals surface area contributed by atoms with Crippen molar-refractivity contribution in [1.82, 2.24) is 5.32 Å². The monoisotopic (exact) mass is 507 g/mol. The highest BCUT2D eigenvalue weighted by atomic mass is 35.5. The van der Waals surface area contributed by atoms with Gasteiger partial charge in [0, 0.05) is 22.7 Å². The number of ether oxygens (including phenoxy) is 1. The SMILES string of the molecule is CC(C)(Oc1ccc(C(=O)c2ccc(Cl)cc2)cc1)C(=O)NCc1c2ccccc2cc2ccccc12. The summed E-state index contributed by atoms with van der Waals surface area (Å²) < 4.78 is 6.04. The van der Waals surface area contributed by atoms with E-state index in [1.807, 2.05) is 24.3 Å². The van der Waals surface area contributed by atoms with Crippen LogP contribution in [0.1, 0.15) is 35.3 Å². The Hall–Kier alpha value is -4.15. The third-order valence-corrected chi connectivity index (χ3v) is 6.70. The van der Waals surface area contributed by atoms with Crippen molar-refractivity contribution in [2.45, 2.75) is 26.0 Å². The number of rotatable bonds is 7. The molecule has 5 heteroatoms. The molecule has 0 radical (unpaired) electrons. The minimum absolute atomic E-state index is 0.109. The Morgan fingerprint density at radius 1 is 0.757 bits per heavy atom. The molecule has 0 saturated carbocycles. The van der Waals surface area contributed by atoms with E-state index in [9.17, 15) is 9.59 Å². The molecule has 1 N–H and O–H groups in total. The van der Waals surface area contributed by atoms with E-state index in [0.717, 1.165) is 27.1 Å². The summed E-state index contributed by atoms with van der Waals surface area (Å²) in [6, 6.07) is 32.1. The predicted octanol–water partition coefficient (Wildman–Crippen LogP) is 7.35. The van der Waals surface area contributed by atoms with Crippen LogP contribution in [0.25, 0.3) is 21.5 Å². The lowest BCUT2D eigenvalue weighted by Crippen LogP contribution is -2.46. The molecule has 0 unspecified atom stereocenters. The number of carbonyl (C=O) groups excluding carboxylic acids is 2. The van der Waals surface area contributed by atoms with Gasteiger partial charge in [-0.3, -0.25) is 9.59 Å². The molecule has 37 heavy (non-hydrogen) atoms. The van der Waals surface area contributed by atoms with Crippen molar-refractivity contribution in [3.63, 3.8) is 0 Å². The normalized spacial score (nSPS) is 11.4. The zero-order valence-electron chi connectivity index (χ0n) is 20.6. The molecular weight excluding hydrogens is 482 g/mol. The maximum absolute atomic E-state index is 13.2. The fourth-order valence-electron chi connectivity index (χ4n) is 4.46. The van der Waals surface area contributed by atoms with Gasteiger partial charge in [0.05, 0.1) is 0 Å².